The number of amides is 6. The second-order valence-corrected chi connectivity index (χ2v) is 13.9. The lowest BCUT2D eigenvalue weighted by molar-refractivity contribution is -0.142. The van der Waals surface area contributed by atoms with Crippen molar-refractivity contribution >= 4 is 51.7 Å². The van der Waals surface area contributed by atoms with Gasteiger partial charge in [-0.2, -0.15) is 0 Å². The number of nitrogens with one attached hydrogen (secondary N) is 5. The number of imidazole rings is 1. The maximum absolute atomic E-state index is 14.0. The van der Waals surface area contributed by atoms with Crippen molar-refractivity contribution in [1.29, 1.82) is 0 Å². The van der Waals surface area contributed by atoms with Gasteiger partial charge in [0.25, 0.3) is 5.91 Å². The highest BCUT2D eigenvalue weighted by Crippen LogP contribution is 2.21. The van der Waals surface area contributed by atoms with Gasteiger partial charge in [-0.25, -0.2) is 4.98 Å². The first-order valence-corrected chi connectivity index (χ1v) is 18.3. The van der Waals surface area contributed by atoms with Crippen molar-refractivity contribution in [2.45, 2.75) is 102 Å². The van der Waals surface area contributed by atoms with Gasteiger partial charge in [0.1, 0.15) is 35.9 Å². The maximum Gasteiger partial charge on any atom is 0.270 e. The summed E-state index contributed by atoms with van der Waals surface area (Å²) in [5.74, 6) is -3.39. The molecule has 0 spiro atoms. The van der Waals surface area contributed by atoms with Crippen molar-refractivity contribution in [1.82, 2.24) is 40.9 Å². The first kappa shape index (κ1) is 37.4. The van der Waals surface area contributed by atoms with Gasteiger partial charge in [0, 0.05) is 31.1 Å². The molecular formula is C35H46N8O7S. The van der Waals surface area contributed by atoms with Crippen LogP contribution in [-0.2, 0) is 30.4 Å². The van der Waals surface area contributed by atoms with Gasteiger partial charge in [0.15, 0.2) is 4.96 Å². The number of thiazole rings is 1. The zero-order valence-corrected chi connectivity index (χ0v) is 29.8. The molecule has 2 aliphatic heterocycles. The second kappa shape index (κ2) is 16.9. The minimum atomic E-state index is -1.47. The standard InChI is InChI=1S/C35H46N8O7S/c1-4-23-29(45)41-27(21(3)44)32(48)40-25(19-22-11-6-5-7-12-22)34(50)42-16-10-14-26(42)31(47)36-15-9-8-13-24(30(46)38-23)39-33(49)28-20(2)37-35-43(28)17-18-51-35/h5-7,11-12,17-18,21,23-27,44H,4,8-10,13-16,19H2,1-3H3,(H,36,47)(H,38,46)(H,39,49)(H,40,48)(H,41,45)/t21-,23+,24+,25-,26+,27+/m1/s1. The third-order valence-electron chi connectivity index (χ3n) is 9.33. The molecule has 0 unspecified atom stereocenters. The summed E-state index contributed by atoms with van der Waals surface area (Å²) in [4.78, 5) is 88.4. The molecule has 6 atom stereocenters. The normalized spacial score (nSPS) is 25.1. The molecule has 6 amide bonds. The summed E-state index contributed by atoms with van der Waals surface area (Å²) in [6.07, 6.45) is 2.79. The Kier molecular flexibility index (Phi) is 12.4. The lowest BCUT2D eigenvalue weighted by Gasteiger charge is -2.30. The van der Waals surface area contributed by atoms with E-state index >= 15 is 0 Å². The number of benzene rings is 1. The number of aryl methyl sites for hydroxylation is 1. The van der Waals surface area contributed by atoms with Crippen LogP contribution in [0.1, 0.15) is 74.1 Å². The summed E-state index contributed by atoms with van der Waals surface area (Å²) in [6, 6.07) is 3.64. The molecular weight excluding hydrogens is 677 g/mol. The number of hydrogen-bond donors (Lipinski definition) is 6. The Morgan fingerprint density at radius 3 is 2.45 bits per heavy atom. The van der Waals surface area contributed by atoms with Crippen LogP contribution in [0.2, 0.25) is 0 Å². The van der Waals surface area contributed by atoms with Crippen LogP contribution in [0.4, 0.5) is 0 Å². The summed E-state index contributed by atoms with van der Waals surface area (Å²) in [5.41, 5.74) is 1.56. The number of hydrogen-bond acceptors (Lipinski definition) is 9. The highest BCUT2D eigenvalue weighted by molar-refractivity contribution is 7.15. The van der Waals surface area contributed by atoms with Crippen LogP contribution < -0.4 is 26.6 Å². The van der Waals surface area contributed by atoms with Gasteiger partial charge < -0.3 is 36.6 Å². The molecule has 2 fully saturated rings. The number of aliphatic hydroxyl groups excluding tert-OH is 1. The van der Waals surface area contributed by atoms with E-state index in [9.17, 15) is 33.9 Å². The lowest BCUT2D eigenvalue weighted by atomic mass is 10.0. The van der Waals surface area contributed by atoms with Crippen LogP contribution >= 0.6 is 11.3 Å². The Bertz CT molecular complexity index is 1740. The van der Waals surface area contributed by atoms with E-state index < -0.39 is 65.8 Å². The molecule has 3 aromatic rings. The SMILES string of the molecule is CC[C@@H]1NC(=O)[C@@H](NC(=O)c2c(C)nc3sccn23)CCCCNC(=O)[C@@H]2CCCN2C(=O)[C@@H](Cc2ccccc2)NC(=O)[C@H]([C@@H](C)O)NC1=O. The Morgan fingerprint density at radius 1 is 0.980 bits per heavy atom. The third-order valence-corrected chi connectivity index (χ3v) is 10.1. The van der Waals surface area contributed by atoms with Gasteiger partial charge in [-0.3, -0.25) is 33.2 Å². The zero-order chi connectivity index (χ0) is 36.7. The number of aromatic nitrogens is 2. The van der Waals surface area contributed by atoms with E-state index in [2.05, 4.69) is 31.6 Å². The van der Waals surface area contributed by atoms with Gasteiger partial charge in [0.2, 0.25) is 29.5 Å². The van der Waals surface area contributed by atoms with Crippen LogP contribution in [0.15, 0.2) is 41.9 Å². The number of carbonyl (C=O) groups excluding carboxylic acids is 6. The van der Waals surface area contributed by atoms with Crippen molar-refractivity contribution in [2.75, 3.05) is 13.1 Å². The molecule has 274 valence electrons. The predicted octanol–water partition coefficient (Wildman–Crippen LogP) is 0.582. The molecule has 0 aliphatic carbocycles. The van der Waals surface area contributed by atoms with Crippen LogP contribution in [0.5, 0.6) is 0 Å². The Hall–Kier alpha value is -4.83. The summed E-state index contributed by atoms with van der Waals surface area (Å²) < 4.78 is 1.65. The fourth-order valence-electron chi connectivity index (χ4n) is 6.56. The smallest absolute Gasteiger partial charge is 0.270 e. The van der Waals surface area contributed by atoms with Crippen molar-refractivity contribution < 1.29 is 33.9 Å². The molecule has 51 heavy (non-hydrogen) atoms. The monoisotopic (exact) mass is 722 g/mol. The summed E-state index contributed by atoms with van der Waals surface area (Å²) in [7, 11) is 0. The predicted molar refractivity (Wildman–Crippen MR) is 189 cm³/mol. The number of rotatable bonds is 6. The van der Waals surface area contributed by atoms with E-state index in [1.807, 2.05) is 30.3 Å². The number of aliphatic hydroxyl groups is 1. The summed E-state index contributed by atoms with van der Waals surface area (Å²) in [5, 5.41) is 26.2. The number of nitrogens with zero attached hydrogens (tertiary/aromatic N) is 3. The van der Waals surface area contributed by atoms with Crippen LogP contribution in [-0.4, -0.2) is 104 Å². The van der Waals surface area contributed by atoms with Crippen molar-refractivity contribution in [3.63, 3.8) is 0 Å². The average Bonchev–Trinajstić information content (AvgIpc) is 3.84. The minimum Gasteiger partial charge on any atom is -0.391 e. The topological polar surface area (TPSA) is 203 Å². The number of carbonyl (C=O) groups is 6. The van der Waals surface area contributed by atoms with Crippen LogP contribution in [0.3, 0.4) is 0 Å². The average molecular weight is 723 g/mol. The third kappa shape index (κ3) is 8.92. The van der Waals surface area contributed by atoms with Gasteiger partial charge in [-0.15, -0.1) is 11.3 Å². The van der Waals surface area contributed by atoms with E-state index in [0.29, 0.717) is 48.6 Å². The molecule has 5 rings (SSSR count). The van der Waals surface area contributed by atoms with Crippen molar-refractivity contribution in [3.05, 3.63) is 58.9 Å². The van der Waals surface area contributed by atoms with Gasteiger partial charge >= 0.3 is 0 Å². The fourth-order valence-corrected chi connectivity index (χ4v) is 7.32. The molecule has 0 bridgehead atoms. The highest BCUT2D eigenvalue weighted by atomic mass is 32.1. The zero-order valence-electron chi connectivity index (χ0n) is 29.0. The Balaban J connectivity index is 1.41. The molecule has 15 nitrogen and oxygen atoms in total. The van der Waals surface area contributed by atoms with Gasteiger partial charge in [-0.1, -0.05) is 37.3 Å². The minimum absolute atomic E-state index is 0.119. The maximum atomic E-state index is 14.0. The molecule has 16 heteroatoms. The molecule has 0 saturated carbocycles. The lowest BCUT2D eigenvalue weighted by Crippen LogP contribution is -2.61. The molecule has 6 N–H and O–H groups in total. The van der Waals surface area contributed by atoms with E-state index in [-0.39, 0.29) is 31.7 Å². The number of fused-ring (bicyclic) bond motifs is 2. The molecule has 2 saturated heterocycles. The Morgan fingerprint density at radius 2 is 1.73 bits per heavy atom. The van der Waals surface area contributed by atoms with Crippen LogP contribution in [0, 0.1) is 6.92 Å². The first-order valence-electron chi connectivity index (χ1n) is 17.4. The first-order chi connectivity index (χ1) is 24.5. The van der Waals surface area contributed by atoms with Gasteiger partial charge in [0.05, 0.1) is 11.8 Å². The summed E-state index contributed by atoms with van der Waals surface area (Å²) in [6.45, 7) is 5.33. The molecule has 1 aromatic carbocycles. The molecule has 0 radical (unpaired) electrons. The second-order valence-electron chi connectivity index (χ2n) is 13.1. The van der Waals surface area contributed by atoms with Crippen LogP contribution in [0.25, 0.3) is 4.96 Å². The molecule has 2 aromatic heterocycles. The summed E-state index contributed by atoms with van der Waals surface area (Å²) >= 11 is 1.37. The van der Waals surface area contributed by atoms with Crippen molar-refractivity contribution in [3.8, 4) is 0 Å². The molecule has 2 aliphatic rings. The van der Waals surface area contributed by atoms with E-state index in [0.717, 1.165) is 5.56 Å². The van der Waals surface area contributed by atoms with E-state index in [4.69, 9.17) is 0 Å². The molecule has 4 heterocycles. The van der Waals surface area contributed by atoms with E-state index in [1.165, 1.54) is 23.2 Å². The largest absolute Gasteiger partial charge is 0.391 e. The Labute approximate surface area is 299 Å². The van der Waals surface area contributed by atoms with Gasteiger partial charge in [-0.05, 0) is 57.9 Å². The highest BCUT2D eigenvalue weighted by Gasteiger charge is 2.39. The van der Waals surface area contributed by atoms with Crippen molar-refractivity contribution in [2.24, 2.45) is 0 Å². The fraction of sp³-hybridized carbons (Fsp3) is 0.514. The quantitative estimate of drug-likeness (QED) is 0.212. The van der Waals surface area contributed by atoms with E-state index in [1.54, 1.807) is 29.8 Å².